The number of carbonyl (C=O) groups excluding carboxylic acids is 2. The summed E-state index contributed by atoms with van der Waals surface area (Å²) in [7, 11) is 0. The Balaban J connectivity index is 1.31. The molecule has 0 atom stereocenters. The fourth-order valence-corrected chi connectivity index (χ4v) is 7.11. The molecule has 2 nitrogen and oxygen atoms in total. The van der Waals surface area contributed by atoms with Crippen LogP contribution in [-0.4, -0.2) is 11.6 Å². The predicted octanol–water partition coefficient (Wildman–Crippen LogP) is 9.82. The first-order chi connectivity index (χ1) is 22.1. The summed E-state index contributed by atoms with van der Waals surface area (Å²) < 4.78 is 0. The SMILES string of the molecule is O=C(C=Cc1ccccc1)c1ccc2c(c1)C1(c3ccccc3-2)c2ccccc2-c2ccc(C(=O)C=Cc3ccccc3)cc21. The smallest absolute Gasteiger partial charge is 0.185 e. The van der Waals surface area contributed by atoms with E-state index in [0.717, 1.165) is 44.5 Å². The van der Waals surface area contributed by atoms with Gasteiger partial charge in [-0.25, -0.2) is 0 Å². The summed E-state index contributed by atoms with van der Waals surface area (Å²) in [5, 5.41) is 0. The molecule has 6 aromatic carbocycles. The number of rotatable bonds is 6. The molecule has 212 valence electrons. The number of allylic oxidation sites excluding steroid dienone is 2. The highest BCUT2D eigenvalue weighted by Gasteiger charge is 2.51. The summed E-state index contributed by atoms with van der Waals surface area (Å²) in [5.41, 5.74) is 11.6. The zero-order valence-corrected chi connectivity index (χ0v) is 24.5. The van der Waals surface area contributed by atoms with E-state index >= 15 is 0 Å². The van der Waals surface area contributed by atoms with Crippen molar-refractivity contribution in [2.45, 2.75) is 5.41 Å². The van der Waals surface area contributed by atoms with E-state index in [1.807, 2.05) is 84.9 Å². The van der Waals surface area contributed by atoms with Gasteiger partial charge in [-0.1, -0.05) is 146 Å². The third-order valence-corrected chi connectivity index (χ3v) is 9.11. The summed E-state index contributed by atoms with van der Waals surface area (Å²) in [6.07, 6.45) is 7.03. The average molecular weight is 577 g/mol. The number of ketones is 2. The third-order valence-electron chi connectivity index (χ3n) is 9.11. The lowest BCUT2D eigenvalue weighted by Crippen LogP contribution is -2.26. The fourth-order valence-electron chi connectivity index (χ4n) is 7.11. The highest BCUT2D eigenvalue weighted by atomic mass is 16.1. The van der Waals surface area contributed by atoms with Gasteiger partial charge in [0, 0.05) is 11.1 Å². The molecule has 0 fully saturated rings. The second kappa shape index (κ2) is 10.7. The van der Waals surface area contributed by atoms with Crippen molar-refractivity contribution in [3.8, 4) is 22.3 Å². The Labute approximate surface area is 262 Å². The normalized spacial score (nSPS) is 15.6. The summed E-state index contributed by atoms with van der Waals surface area (Å²) in [6.45, 7) is 0. The van der Waals surface area contributed by atoms with Crippen molar-refractivity contribution >= 4 is 23.7 Å². The largest absolute Gasteiger partial charge is 0.289 e. The van der Waals surface area contributed by atoms with Gasteiger partial charge < -0.3 is 0 Å². The van der Waals surface area contributed by atoms with Gasteiger partial charge in [0.05, 0.1) is 5.41 Å². The van der Waals surface area contributed by atoms with Crippen LogP contribution in [0.1, 0.15) is 54.1 Å². The van der Waals surface area contributed by atoms with Crippen molar-refractivity contribution in [3.05, 3.63) is 202 Å². The van der Waals surface area contributed by atoms with Crippen LogP contribution in [0, 0.1) is 0 Å². The lowest BCUT2D eigenvalue weighted by molar-refractivity contribution is 0.104. The van der Waals surface area contributed by atoms with Crippen molar-refractivity contribution in [1.29, 1.82) is 0 Å². The van der Waals surface area contributed by atoms with Crippen molar-refractivity contribution in [3.63, 3.8) is 0 Å². The van der Waals surface area contributed by atoms with Crippen LogP contribution in [0.25, 0.3) is 34.4 Å². The molecular weight excluding hydrogens is 548 g/mol. The van der Waals surface area contributed by atoms with Crippen LogP contribution in [0.5, 0.6) is 0 Å². The minimum absolute atomic E-state index is 0.0470. The van der Waals surface area contributed by atoms with Crippen LogP contribution < -0.4 is 0 Å². The van der Waals surface area contributed by atoms with Gasteiger partial charge in [0.25, 0.3) is 0 Å². The van der Waals surface area contributed by atoms with Crippen LogP contribution in [0.4, 0.5) is 0 Å². The maximum absolute atomic E-state index is 13.6. The Morgan fingerprint density at radius 2 is 0.778 bits per heavy atom. The molecule has 0 heterocycles. The first-order valence-electron chi connectivity index (χ1n) is 15.2. The van der Waals surface area contributed by atoms with Crippen molar-refractivity contribution in [2.24, 2.45) is 0 Å². The molecule has 0 amide bonds. The second-order valence-corrected chi connectivity index (χ2v) is 11.6. The number of benzene rings is 6. The summed E-state index contributed by atoms with van der Waals surface area (Å²) in [5.74, 6) is -0.0940. The number of fused-ring (bicyclic) bond motifs is 10. The maximum atomic E-state index is 13.6. The first-order valence-corrected chi connectivity index (χ1v) is 15.2. The van der Waals surface area contributed by atoms with Gasteiger partial charge in [0.15, 0.2) is 11.6 Å². The Morgan fingerprint density at radius 3 is 1.22 bits per heavy atom. The predicted molar refractivity (Wildman–Crippen MR) is 182 cm³/mol. The quantitative estimate of drug-likeness (QED) is 0.146. The van der Waals surface area contributed by atoms with Gasteiger partial charge >= 0.3 is 0 Å². The van der Waals surface area contributed by atoms with Crippen LogP contribution >= 0.6 is 0 Å². The van der Waals surface area contributed by atoms with Crippen molar-refractivity contribution < 1.29 is 9.59 Å². The number of carbonyl (C=O) groups is 2. The molecule has 2 aliphatic rings. The molecule has 8 rings (SSSR count). The van der Waals surface area contributed by atoms with E-state index in [0.29, 0.717) is 11.1 Å². The van der Waals surface area contributed by atoms with Crippen molar-refractivity contribution in [1.82, 2.24) is 0 Å². The molecule has 6 aromatic rings. The molecule has 0 radical (unpaired) electrons. The molecule has 2 heteroatoms. The molecular formula is C43H28O2. The van der Waals surface area contributed by atoms with E-state index in [1.54, 1.807) is 12.2 Å². The molecule has 0 N–H and O–H groups in total. The van der Waals surface area contributed by atoms with Gasteiger partial charge in [0.1, 0.15) is 0 Å². The molecule has 0 aromatic heterocycles. The van der Waals surface area contributed by atoms with Gasteiger partial charge in [0.2, 0.25) is 0 Å². The zero-order chi connectivity index (χ0) is 30.4. The molecule has 0 saturated carbocycles. The Morgan fingerprint density at radius 1 is 0.400 bits per heavy atom. The minimum Gasteiger partial charge on any atom is -0.289 e. The van der Waals surface area contributed by atoms with E-state index in [-0.39, 0.29) is 11.6 Å². The van der Waals surface area contributed by atoms with Crippen LogP contribution in [0.3, 0.4) is 0 Å². The van der Waals surface area contributed by atoms with Crippen LogP contribution in [0.15, 0.2) is 158 Å². The third kappa shape index (κ3) is 4.26. The van der Waals surface area contributed by atoms with Gasteiger partial charge in [-0.3, -0.25) is 9.59 Å². The molecule has 0 aliphatic heterocycles. The molecule has 0 bridgehead atoms. The van der Waals surface area contributed by atoms with Gasteiger partial charge in [-0.2, -0.15) is 0 Å². The van der Waals surface area contributed by atoms with E-state index in [4.69, 9.17) is 0 Å². The zero-order valence-electron chi connectivity index (χ0n) is 24.5. The molecule has 45 heavy (non-hydrogen) atoms. The summed E-state index contributed by atoms with van der Waals surface area (Å²) >= 11 is 0. The molecule has 1 spiro atoms. The minimum atomic E-state index is -0.656. The molecule has 0 saturated heterocycles. The topological polar surface area (TPSA) is 34.1 Å². The standard InChI is InChI=1S/C43H28O2/c44-41(25-19-29-11-3-1-4-12-29)31-21-23-35-33-15-7-9-17-37(33)43(39(35)27-31)38-18-10-8-16-34(38)36-24-22-32(28-40(36)43)42(45)26-20-30-13-5-2-6-14-30/h1-28H. The number of hydrogen-bond acceptors (Lipinski definition) is 2. The van der Waals surface area contributed by atoms with Crippen LogP contribution in [-0.2, 0) is 5.41 Å². The van der Waals surface area contributed by atoms with E-state index in [9.17, 15) is 9.59 Å². The van der Waals surface area contributed by atoms with E-state index < -0.39 is 5.41 Å². The highest BCUT2D eigenvalue weighted by molar-refractivity contribution is 6.09. The Bertz CT molecular complexity index is 2030. The average Bonchev–Trinajstić information content (AvgIpc) is 3.57. The lowest BCUT2D eigenvalue weighted by Gasteiger charge is -2.30. The lowest BCUT2D eigenvalue weighted by atomic mass is 9.70. The first kappa shape index (κ1) is 26.7. The maximum Gasteiger partial charge on any atom is 0.185 e. The van der Waals surface area contributed by atoms with Gasteiger partial charge in [-0.05, 0) is 79.9 Å². The Kier molecular flexibility index (Phi) is 6.36. The molecule has 0 unspecified atom stereocenters. The van der Waals surface area contributed by atoms with E-state index in [2.05, 4.69) is 72.8 Å². The van der Waals surface area contributed by atoms with Crippen LogP contribution in [0.2, 0.25) is 0 Å². The fraction of sp³-hybridized carbons (Fsp3) is 0.0233. The second-order valence-electron chi connectivity index (χ2n) is 11.6. The Hall–Kier alpha value is -5.86. The van der Waals surface area contributed by atoms with Gasteiger partial charge in [-0.15, -0.1) is 0 Å². The van der Waals surface area contributed by atoms with Crippen molar-refractivity contribution in [2.75, 3.05) is 0 Å². The summed E-state index contributed by atoms with van der Waals surface area (Å²) in [4.78, 5) is 27.2. The monoisotopic (exact) mass is 576 g/mol. The summed E-state index contributed by atoms with van der Waals surface area (Å²) in [6, 6.07) is 48.9. The highest BCUT2D eigenvalue weighted by Crippen LogP contribution is 2.62. The number of hydrogen-bond donors (Lipinski definition) is 0. The molecule has 2 aliphatic carbocycles. The van der Waals surface area contributed by atoms with E-state index in [1.165, 1.54) is 11.1 Å².